The van der Waals surface area contributed by atoms with E-state index < -0.39 is 17.9 Å². The van der Waals surface area contributed by atoms with Crippen LogP contribution in [0.5, 0.6) is 0 Å². The molecule has 3 rings (SSSR count). The third kappa shape index (κ3) is 4.09. The summed E-state index contributed by atoms with van der Waals surface area (Å²) in [4.78, 5) is 32.6. The van der Waals surface area contributed by atoms with Gasteiger partial charge in [-0.2, -0.15) is 0 Å². The van der Waals surface area contributed by atoms with Gasteiger partial charge in [0.15, 0.2) is 5.92 Å². The van der Waals surface area contributed by atoms with Crippen molar-refractivity contribution in [2.45, 2.75) is 19.3 Å². The van der Waals surface area contributed by atoms with Crippen LogP contribution in [-0.2, 0) is 22.4 Å². The molecule has 0 saturated carbocycles. The first-order valence-corrected chi connectivity index (χ1v) is 8.82. The first kappa shape index (κ1) is 18.8. The van der Waals surface area contributed by atoms with Gasteiger partial charge in [0.1, 0.15) is 0 Å². The zero-order valence-corrected chi connectivity index (χ0v) is 15.1. The number of allylic oxidation sites excluding steroid dienone is 2. The van der Waals surface area contributed by atoms with Crippen LogP contribution >= 0.6 is 11.6 Å². The van der Waals surface area contributed by atoms with Crippen molar-refractivity contribution < 1.29 is 19.8 Å². The number of carboxylic acids is 2. The van der Waals surface area contributed by atoms with Crippen LogP contribution in [0.15, 0.2) is 42.7 Å². The Labute approximate surface area is 160 Å². The fourth-order valence-electron chi connectivity index (χ4n) is 3.11. The molecule has 0 fully saturated rings. The molecule has 0 radical (unpaired) electrons. The average molecular weight is 388 g/mol. The van der Waals surface area contributed by atoms with E-state index in [9.17, 15) is 9.59 Å². The van der Waals surface area contributed by atoms with Crippen molar-refractivity contribution in [3.8, 4) is 0 Å². The Morgan fingerprint density at radius 1 is 1.19 bits per heavy atom. The zero-order chi connectivity index (χ0) is 19.4. The number of carbonyl (C=O) groups is 2. The molecule has 2 aromatic rings. The van der Waals surface area contributed by atoms with Crippen molar-refractivity contribution in [3.63, 3.8) is 0 Å². The molecule has 2 heterocycles. The molecule has 27 heavy (non-hydrogen) atoms. The van der Waals surface area contributed by atoms with Crippen LogP contribution in [-0.4, -0.2) is 38.7 Å². The summed E-state index contributed by atoms with van der Waals surface area (Å²) >= 11 is 6.41. The highest BCUT2D eigenvalue weighted by atomic mass is 35.5. The molecule has 0 amide bonds. The molecular formula is C19H18ClN3O4. The molecular weight excluding hydrogens is 370 g/mol. The SMILES string of the molecule is O=C(O)C(C/C=C/Cc1c(Cl)ccc2c1N(c1ncccn1)CC2)C(=O)O. The van der Waals surface area contributed by atoms with E-state index in [1.54, 1.807) is 30.6 Å². The van der Waals surface area contributed by atoms with Gasteiger partial charge < -0.3 is 15.1 Å². The smallest absolute Gasteiger partial charge is 0.318 e. The number of rotatable bonds is 7. The Morgan fingerprint density at radius 3 is 2.56 bits per heavy atom. The third-order valence-corrected chi connectivity index (χ3v) is 4.79. The molecule has 2 N–H and O–H groups in total. The van der Waals surface area contributed by atoms with E-state index in [1.165, 1.54) is 0 Å². The fraction of sp³-hybridized carbons (Fsp3) is 0.263. The molecule has 7 nitrogen and oxygen atoms in total. The lowest BCUT2D eigenvalue weighted by Crippen LogP contribution is -2.22. The first-order chi connectivity index (χ1) is 13.0. The minimum absolute atomic E-state index is 0.0805. The van der Waals surface area contributed by atoms with E-state index in [4.69, 9.17) is 21.8 Å². The predicted molar refractivity (Wildman–Crippen MR) is 100 cm³/mol. The normalized spacial score (nSPS) is 13.3. The lowest BCUT2D eigenvalue weighted by molar-refractivity contribution is -0.154. The second-order valence-electron chi connectivity index (χ2n) is 6.12. The van der Waals surface area contributed by atoms with Gasteiger partial charge in [0, 0.05) is 24.0 Å². The summed E-state index contributed by atoms with van der Waals surface area (Å²) in [6.07, 6.45) is 7.91. The Bertz CT molecular complexity index is 872. The molecule has 0 saturated heterocycles. The van der Waals surface area contributed by atoms with Crippen LogP contribution < -0.4 is 4.90 Å². The second kappa shape index (κ2) is 8.18. The Balaban J connectivity index is 1.83. The minimum atomic E-state index is -1.45. The maximum absolute atomic E-state index is 11.0. The number of fused-ring (bicyclic) bond motifs is 1. The number of halogens is 1. The van der Waals surface area contributed by atoms with Crippen molar-refractivity contribution in [3.05, 3.63) is 58.9 Å². The van der Waals surface area contributed by atoms with Gasteiger partial charge in [-0.3, -0.25) is 9.59 Å². The summed E-state index contributed by atoms with van der Waals surface area (Å²) in [6.45, 7) is 0.747. The number of hydrogen-bond acceptors (Lipinski definition) is 5. The Hall–Kier alpha value is -2.93. The summed E-state index contributed by atoms with van der Waals surface area (Å²) in [6, 6.07) is 5.58. The summed E-state index contributed by atoms with van der Waals surface area (Å²) in [5.41, 5.74) is 2.99. The van der Waals surface area contributed by atoms with E-state index in [1.807, 2.05) is 17.0 Å². The third-order valence-electron chi connectivity index (χ3n) is 4.43. The van der Waals surface area contributed by atoms with E-state index in [0.717, 1.165) is 29.8 Å². The van der Waals surface area contributed by atoms with Crippen molar-refractivity contribution in [2.24, 2.45) is 5.92 Å². The number of nitrogens with zero attached hydrogens (tertiary/aromatic N) is 3. The van der Waals surface area contributed by atoms with Crippen LogP contribution in [0.25, 0.3) is 0 Å². The maximum atomic E-state index is 11.0. The number of hydrogen-bond donors (Lipinski definition) is 2. The standard InChI is InChI=1S/C19H18ClN3O4/c20-15-7-6-12-8-11-23(19-21-9-3-10-22-19)16(12)13(15)4-1-2-5-14(17(24)25)18(26)27/h1-3,6-7,9-10,14H,4-5,8,11H2,(H,24,25)(H,26,27)/b2-1+. The highest BCUT2D eigenvalue weighted by Crippen LogP contribution is 2.39. The molecule has 0 spiro atoms. The van der Waals surface area contributed by atoms with Crippen molar-refractivity contribution in [1.29, 1.82) is 0 Å². The average Bonchev–Trinajstić information content (AvgIpc) is 3.07. The van der Waals surface area contributed by atoms with Gasteiger partial charge in [0.25, 0.3) is 0 Å². The summed E-state index contributed by atoms with van der Waals surface area (Å²) in [7, 11) is 0. The van der Waals surface area contributed by atoms with E-state index in [-0.39, 0.29) is 6.42 Å². The van der Waals surface area contributed by atoms with Crippen LogP contribution in [0.4, 0.5) is 11.6 Å². The Kier molecular flexibility index (Phi) is 5.71. The molecule has 0 bridgehead atoms. The first-order valence-electron chi connectivity index (χ1n) is 8.44. The second-order valence-corrected chi connectivity index (χ2v) is 6.53. The van der Waals surface area contributed by atoms with Crippen LogP contribution in [0.3, 0.4) is 0 Å². The minimum Gasteiger partial charge on any atom is -0.481 e. The van der Waals surface area contributed by atoms with Crippen molar-refractivity contribution in [1.82, 2.24) is 9.97 Å². The molecule has 0 aliphatic carbocycles. The molecule has 8 heteroatoms. The van der Waals surface area contributed by atoms with Crippen LogP contribution in [0, 0.1) is 5.92 Å². The summed E-state index contributed by atoms with van der Waals surface area (Å²) in [5, 5.41) is 18.5. The largest absolute Gasteiger partial charge is 0.481 e. The molecule has 1 aromatic carbocycles. The van der Waals surface area contributed by atoms with Gasteiger partial charge in [-0.25, -0.2) is 9.97 Å². The van der Waals surface area contributed by atoms with E-state index >= 15 is 0 Å². The number of anilines is 2. The fourth-order valence-corrected chi connectivity index (χ4v) is 3.34. The highest BCUT2D eigenvalue weighted by molar-refractivity contribution is 6.31. The number of benzene rings is 1. The summed E-state index contributed by atoms with van der Waals surface area (Å²) < 4.78 is 0. The molecule has 1 aliphatic heterocycles. The quantitative estimate of drug-likeness (QED) is 0.555. The van der Waals surface area contributed by atoms with Gasteiger partial charge in [-0.15, -0.1) is 0 Å². The molecule has 1 aromatic heterocycles. The van der Waals surface area contributed by atoms with Gasteiger partial charge in [0.2, 0.25) is 5.95 Å². The van der Waals surface area contributed by atoms with Crippen molar-refractivity contribution in [2.75, 3.05) is 11.4 Å². The zero-order valence-electron chi connectivity index (χ0n) is 14.4. The maximum Gasteiger partial charge on any atom is 0.318 e. The monoisotopic (exact) mass is 387 g/mol. The van der Waals surface area contributed by atoms with Gasteiger partial charge in [-0.05, 0) is 42.5 Å². The molecule has 1 aliphatic rings. The van der Waals surface area contributed by atoms with Crippen LogP contribution in [0.2, 0.25) is 5.02 Å². The number of aliphatic carboxylic acids is 2. The number of aromatic nitrogens is 2. The van der Waals surface area contributed by atoms with E-state index in [2.05, 4.69) is 9.97 Å². The molecule has 0 unspecified atom stereocenters. The lowest BCUT2D eigenvalue weighted by Gasteiger charge is -2.20. The van der Waals surface area contributed by atoms with Crippen molar-refractivity contribution >= 4 is 35.2 Å². The summed E-state index contributed by atoms with van der Waals surface area (Å²) in [5.74, 6) is -3.55. The Morgan fingerprint density at radius 2 is 1.89 bits per heavy atom. The number of carboxylic acid groups (broad SMARTS) is 2. The van der Waals surface area contributed by atoms with E-state index in [0.29, 0.717) is 17.4 Å². The van der Waals surface area contributed by atoms with Gasteiger partial charge in [0.05, 0.1) is 5.69 Å². The van der Waals surface area contributed by atoms with Gasteiger partial charge >= 0.3 is 11.9 Å². The highest BCUT2D eigenvalue weighted by Gasteiger charge is 2.27. The lowest BCUT2D eigenvalue weighted by atomic mass is 10.0. The predicted octanol–water partition coefficient (Wildman–Crippen LogP) is 3.10. The molecule has 0 atom stereocenters. The topological polar surface area (TPSA) is 104 Å². The van der Waals surface area contributed by atoms with Gasteiger partial charge in [-0.1, -0.05) is 29.8 Å². The van der Waals surface area contributed by atoms with Crippen LogP contribution in [0.1, 0.15) is 17.5 Å². The molecule has 140 valence electrons.